The maximum atomic E-state index is 14.2. The van der Waals surface area contributed by atoms with E-state index in [9.17, 15) is 31.1 Å². The summed E-state index contributed by atoms with van der Waals surface area (Å²) in [5, 5.41) is 5.30. The van der Waals surface area contributed by atoms with Gasteiger partial charge in [-0.3, -0.25) is 9.00 Å². The lowest BCUT2D eigenvalue weighted by Gasteiger charge is -2.19. The van der Waals surface area contributed by atoms with Crippen molar-refractivity contribution in [2.24, 2.45) is 5.92 Å². The number of halogens is 4. The van der Waals surface area contributed by atoms with Crippen LogP contribution < -0.4 is 10.6 Å². The molecule has 4 atom stereocenters. The van der Waals surface area contributed by atoms with Crippen LogP contribution in [-0.4, -0.2) is 20.5 Å². The minimum Gasteiger partial charge on any atom is -0.771 e. The van der Waals surface area contributed by atoms with Crippen molar-refractivity contribution in [2.45, 2.75) is 44.3 Å². The van der Waals surface area contributed by atoms with E-state index in [0.717, 1.165) is 12.1 Å². The molecular formula is C22H23F4N2O3S-. The summed E-state index contributed by atoms with van der Waals surface area (Å²) in [6.45, 7) is 3.59. The molecule has 3 unspecified atom stereocenters. The Morgan fingerprint density at radius 2 is 1.91 bits per heavy atom. The molecular weight excluding hydrogens is 448 g/mol. The smallest absolute Gasteiger partial charge is 0.416 e. The molecule has 0 radical (unpaired) electrons. The Bertz CT molecular complexity index is 1010. The number of benzene rings is 2. The van der Waals surface area contributed by atoms with Crippen LogP contribution in [0.4, 0.5) is 23.2 Å². The molecule has 174 valence electrons. The van der Waals surface area contributed by atoms with Gasteiger partial charge in [-0.25, -0.2) is 4.39 Å². The van der Waals surface area contributed by atoms with Gasteiger partial charge in [0.25, 0.3) is 0 Å². The zero-order chi connectivity index (χ0) is 23.7. The molecule has 1 amide bonds. The van der Waals surface area contributed by atoms with Crippen LogP contribution >= 0.6 is 0 Å². The van der Waals surface area contributed by atoms with Gasteiger partial charge >= 0.3 is 6.18 Å². The highest BCUT2D eigenvalue weighted by Crippen LogP contribution is 2.57. The number of rotatable bonds is 8. The van der Waals surface area contributed by atoms with E-state index in [1.165, 1.54) is 24.3 Å². The van der Waals surface area contributed by atoms with E-state index in [4.69, 9.17) is 0 Å². The molecule has 5 nitrogen and oxygen atoms in total. The summed E-state index contributed by atoms with van der Waals surface area (Å²) in [5.41, 5.74) is -0.0174. The Kier molecular flexibility index (Phi) is 6.94. The maximum Gasteiger partial charge on any atom is 0.416 e. The first-order chi connectivity index (χ1) is 15.0. The Hall–Kier alpha value is -2.46. The van der Waals surface area contributed by atoms with E-state index in [1.807, 2.05) is 6.92 Å². The van der Waals surface area contributed by atoms with Crippen LogP contribution in [0.25, 0.3) is 0 Å². The molecule has 3 rings (SSSR count). The van der Waals surface area contributed by atoms with E-state index < -0.39 is 46.0 Å². The van der Waals surface area contributed by atoms with Crippen molar-refractivity contribution in [3.8, 4) is 0 Å². The molecule has 1 aliphatic carbocycles. The standard InChI is InChI=1S/C22H24F4N2O3S/c1-3-21(15-5-7-16(8-6-15)22(24,25)26)11-17(21)20(29)28-13(2)14-4-9-19(18(23)10-14)27-12-32(30)31/h4-10,13,17,27H,3,11-12H2,1-2H3,(H,28,29)(H,30,31)/p-1/t13-,17?,21?/m1/s1. The van der Waals surface area contributed by atoms with E-state index >= 15 is 0 Å². The van der Waals surface area contributed by atoms with Crippen molar-refractivity contribution in [2.75, 3.05) is 11.2 Å². The molecule has 0 heterocycles. The van der Waals surface area contributed by atoms with E-state index in [0.29, 0.717) is 24.0 Å². The fraction of sp³-hybridized carbons (Fsp3) is 0.409. The molecule has 1 fully saturated rings. The Balaban J connectivity index is 1.67. The second-order valence-corrected chi connectivity index (χ2v) is 8.83. The lowest BCUT2D eigenvalue weighted by molar-refractivity contribution is -0.137. The fourth-order valence-corrected chi connectivity index (χ4v) is 4.31. The van der Waals surface area contributed by atoms with Gasteiger partial charge in [0.05, 0.1) is 23.2 Å². The van der Waals surface area contributed by atoms with Gasteiger partial charge in [-0.05, 0) is 66.2 Å². The highest BCUT2D eigenvalue weighted by molar-refractivity contribution is 7.79. The van der Waals surface area contributed by atoms with Gasteiger partial charge in [0.15, 0.2) is 0 Å². The van der Waals surface area contributed by atoms with Crippen molar-refractivity contribution >= 4 is 22.7 Å². The number of hydrogen-bond acceptors (Lipinski definition) is 4. The van der Waals surface area contributed by atoms with Crippen LogP contribution in [0.2, 0.25) is 0 Å². The zero-order valence-corrected chi connectivity index (χ0v) is 18.3. The number of carbonyl (C=O) groups is 1. The van der Waals surface area contributed by atoms with Crippen LogP contribution in [0.3, 0.4) is 0 Å². The highest BCUT2D eigenvalue weighted by atomic mass is 32.2. The second kappa shape index (κ2) is 9.19. The second-order valence-electron chi connectivity index (χ2n) is 7.94. The van der Waals surface area contributed by atoms with Gasteiger partial charge in [0.1, 0.15) is 5.82 Å². The van der Waals surface area contributed by atoms with E-state index in [1.54, 1.807) is 13.0 Å². The Morgan fingerprint density at radius 1 is 1.25 bits per heavy atom. The number of amides is 1. The first kappa shape index (κ1) is 24.2. The molecule has 32 heavy (non-hydrogen) atoms. The minimum absolute atomic E-state index is 0.0333. The average molecular weight is 471 g/mol. The average Bonchev–Trinajstić information content (AvgIpc) is 3.48. The van der Waals surface area contributed by atoms with Gasteiger partial charge < -0.3 is 15.2 Å². The molecule has 0 bridgehead atoms. The molecule has 0 aromatic heterocycles. The maximum absolute atomic E-state index is 14.2. The van der Waals surface area contributed by atoms with E-state index in [2.05, 4.69) is 10.6 Å². The number of carbonyl (C=O) groups excluding carboxylic acids is 1. The van der Waals surface area contributed by atoms with Crippen LogP contribution in [0, 0.1) is 11.7 Å². The normalized spacial score (nSPS) is 22.2. The third-order valence-electron chi connectivity index (χ3n) is 6.04. The lowest BCUT2D eigenvalue weighted by Crippen LogP contribution is -2.31. The summed E-state index contributed by atoms with van der Waals surface area (Å²) in [6.07, 6.45) is -3.29. The molecule has 2 N–H and O–H groups in total. The molecule has 2 aromatic carbocycles. The molecule has 10 heteroatoms. The number of nitrogens with one attached hydrogen (secondary N) is 2. The van der Waals surface area contributed by atoms with Gasteiger partial charge in [0, 0.05) is 11.3 Å². The molecule has 2 aromatic rings. The first-order valence-electron chi connectivity index (χ1n) is 10.0. The number of hydrogen-bond donors (Lipinski definition) is 2. The van der Waals surface area contributed by atoms with Gasteiger partial charge in [-0.2, -0.15) is 13.2 Å². The van der Waals surface area contributed by atoms with Gasteiger partial charge in [-0.1, -0.05) is 25.1 Å². The number of alkyl halides is 3. The molecule has 1 saturated carbocycles. The third-order valence-corrected chi connectivity index (χ3v) is 6.42. The Morgan fingerprint density at radius 3 is 2.44 bits per heavy atom. The fourth-order valence-electron chi connectivity index (χ4n) is 4.03. The van der Waals surface area contributed by atoms with Crippen molar-refractivity contribution in [1.29, 1.82) is 0 Å². The van der Waals surface area contributed by atoms with Crippen LogP contribution in [0.15, 0.2) is 42.5 Å². The summed E-state index contributed by atoms with van der Waals surface area (Å²) in [5.74, 6) is -1.70. The Labute approximate surface area is 185 Å². The quantitative estimate of drug-likeness (QED) is 0.434. The summed E-state index contributed by atoms with van der Waals surface area (Å²) in [6, 6.07) is 8.61. The molecule has 1 aliphatic rings. The van der Waals surface area contributed by atoms with Crippen LogP contribution in [0.5, 0.6) is 0 Å². The SMILES string of the molecule is CCC1(c2ccc(C(F)(F)F)cc2)CC1C(=O)N[C@H](C)c1ccc(NCS(=O)[O-])c(F)c1. The monoisotopic (exact) mass is 471 g/mol. The molecule has 0 spiro atoms. The molecule has 0 saturated heterocycles. The van der Waals surface area contributed by atoms with Crippen molar-refractivity contribution in [1.82, 2.24) is 5.32 Å². The predicted molar refractivity (Wildman–Crippen MR) is 112 cm³/mol. The largest absolute Gasteiger partial charge is 0.771 e. The van der Waals surface area contributed by atoms with E-state index in [-0.39, 0.29) is 17.5 Å². The topological polar surface area (TPSA) is 81.3 Å². The van der Waals surface area contributed by atoms with Crippen molar-refractivity contribution in [3.63, 3.8) is 0 Å². The van der Waals surface area contributed by atoms with Crippen molar-refractivity contribution in [3.05, 3.63) is 65.0 Å². The third kappa shape index (κ3) is 5.12. The van der Waals surface area contributed by atoms with Crippen molar-refractivity contribution < 1.29 is 31.1 Å². The van der Waals surface area contributed by atoms with Gasteiger partial charge in [-0.15, -0.1) is 0 Å². The minimum atomic E-state index is -4.42. The predicted octanol–water partition coefficient (Wildman–Crippen LogP) is 4.64. The van der Waals surface area contributed by atoms with Crippen LogP contribution in [-0.2, 0) is 27.5 Å². The molecule has 0 aliphatic heterocycles. The first-order valence-corrected chi connectivity index (χ1v) is 11.3. The summed E-state index contributed by atoms with van der Waals surface area (Å²) >= 11 is -2.37. The van der Waals surface area contributed by atoms with Gasteiger partial charge in [0.2, 0.25) is 5.91 Å². The van der Waals surface area contributed by atoms with Crippen LogP contribution in [0.1, 0.15) is 49.4 Å². The summed E-state index contributed by atoms with van der Waals surface area (Å²) in [7, 11) is 0. The zero-order valence-electron chi connectivity index (χ0n) is 17.5. The summed E-state index contributed by atoms with van der Waals surface area (Å²) in [4.78, 5) is 12.8. The summed E-state index contributed by atoms with van der Waals surface area (Å²) < 4.78 is 73.9. The highest BCUT2D eigenvalue weighted by Gasteiger charge is 2.57. The lowest BCUT2D eigenvalue weighted by atomic mass is 9.89. The number of anilines is 1.